The van der Waals surface area contributed by atoms with Gasteiger partial charge in [0.15, 0.2) is 0 Å². The van der Waals surface area contributed by atoms with Gasteiger partial charge in [0.25, 0.3) is 0 Å². The van der Waals surface area contributed by atoms with E-state index in [9.17, 15) is 9.59 Å². The molecule has 1 aromatic carbocycles. The Bertz CT molecular complexity index is 555. The van der Waals surface area contributed by atoms with E-state index in [1.807, 2.05) is 38.1 Å². The number of rotatable bonds is 7. The SMILES string of the molecule is CCC(SCC(=O)Nc1cccc(C)c1)C(=O)OC1CCCCC1. The number of ether oxygens (including phenoxy) is 1. The van der Waals surface area contributed by atoms with Gasteiger partial charge in [0.1, 0.15) is 11.4 Å². The first-order chi connectivity index (χ1) is 11.6. The number of carbonyl (C=O) groups is 2. The lowest BCUT2D eigenvalue weighted by molar-refractivity contribution is -0.149. The number of anilines is 1. The highest BCUT2D eigenvalue weighted by Gasteiger charge is 2.24. The normalized spacial score (nSPS) is 16.4. The second kappa shape index (κ2) is 9.72. The minimum absolute atomic E-state index is 0.0713. The minimum Gasteiger partial charge on any atom is -0.462 e. The summed E-state index contributed by atoms with van der Waals surface area (Å²) in [7, 11) is 0. The zero-order valence-electron chi connectivity index (χ0n) is 14.5. The van der Waals surface area contributed by atoms with Crippen molar-refractivity contribution in [2.75, 3.05) is 11.1 Å². The monoisotopic (exact) mass is 349 g/mol. The summed E-state index contributed by atoms with van der Waals surface area (Å²) in [5, 5.41) is 2.60. The van der Waals surface area contributed by atoms with Crippen LogP contribution in [0.5, 0.6) is 0 Å². The highest BCUT2D eigenvalue weighted by atomic mass is 32.2. The molecule has 0 saturated heterocycles. The molecule has 0 aliphatic heterocycles. The molecule has 4 nitrogen and oxygen atoms in total. The van der Waals surface area contributed by atoms with E-state index in [2.05, 4.69) is 5.32 Å². The third-order valence-electron chi connectivity index (χ3n) is 4.19. The quantitative estimate of drug-likeness (QED) is 0.745. The summed E-state index contributed by atoms with van der Waals surface area (Å²) in [6, 6.07) is 7.69. The summed E-state index contributed by atoms with van der Waals surface area (Å²) < 4.78 is 5.62. The largest absolute Gasteiger partial charge is 0.462 e. The average Bonchev–Trinajstić information content (AvgIpc) is 2.56. The van der Waals surface area contributed by atoms with Crippen LogP contribution >= 0.6 is 11.8 Å². The Morgan fingerprint density at radius 1 is 1.29 bits per heavy atom. The number of thioether (sulfide) groups is 1. The number of hydrogen-bond acceptors (Lipinski definition) is 4. The molecule has 1 unspecified atom stereocenters. The maximum Gasteiger partial charge on any atom is 0.319 e. The average molecular weight is 349 g/mol. The van der Waals surface area contributed by atoms with Crippen LogP contribution in [0.2, 0.25) is 0 Å². The van der Waals surface area contributed by atoms with Crippen molar-refractivity contribution in [2.45, 2.75) is 63.7 Å². The fourth-order valence-corrected chi connectivity index (χ4v) is 3.72. The molecule has 132 valence electrons. The van der Waals surface area contributed by atoms with E-state index in [1.165, 1.54) is 18.2 Å². The standard InChI is InChI=1S/C19H27NO3S/c1-3-17(19(22)23-16-10-5-4-6-11-16)24-13-18(21)20-15-9-7-8-14(2)12-15/h7-9,12,16-17H,3-6,10-11,13H2,1-2H3,(H,20,21). The van der Waals surface area contributed by atoms with Gasteiger partial charge in [-0.15, -0.1) is 11.8 Å². The van der Waals surface area contributed by atoms with E-state index >= 15 is 0 Å². The van der Waals surface area contributed by atoms with E-state index in [0.29, 0.717) is 6.42 Å². The summed E-state index contributed by atoms with van der Waals surface area (Å²) >= 11 is 1.36. The van der Waals surface area contributed by atoms with E-state index in [4.69, 9.17) is 4.74 Å². The summed E-state index contributed by atoms with van der Waals surface area (Å²) in [6.45, 7) is 3.94. The summed E-state index contributed by atoms with van der Waals surface area (Å²) in [6.07, 6.45) is 6.21. The fourth-order valence-electron chi connectivity index (χ4n) is 2.87. The Labute approximate surface area is 148 Å². The molecule has 0 spiro atoms. The highest BCUT2D eigenvalue weighted by molar-refractivity contribution is 8.01. The predicted octanol–water partition coefficient (Wildman–Crippen LogP) is 4.32. The Hall–Kier alpha value is -1.49. The van der Waals surface area contributed by atoms with Crippen LogP contribution in [0.25, 0.3) is 0 Å². The molecule has 0 aromatic heterocycles. The molecule has 1 fully saturated rings. The first kappa shape index (κ1) is 18.8. The molecule has 0 heterocycles. The molecule has 1 atom stereocenters. The van der Waals surface area contributed by atoms with Gasteiger partial charge in [0, 0.05) is 5.69 Å². The maximum absolute atomic E-state index is 12.3. The lowest BCUT2D eigenvalue weighted by atomic mass is 9.98. The number of esters is 1. The summed E-state index contributed by atoms with van der Waals surface area (Å²) in [4.78, 5) is 24.4. The Morgan fingerprint density at radius 3 is 2.71 bits per heavy atom. The molecule has 5 heteroatoms. The molecule has 1 amide bonds. The van der Waals surface area contributed by atoms with Crippen LogP contribution < -0.4 is 5.32 Å². The predicted molar refractivity (Wildman–Crippen MR) is 99.3 cm³/mol. The molecular formula is C19H27NO3S. The van der Waals surface area contributed by atoms with Gasteiger partial charge in [-0.1, -0.05) is 25.5 Å². The molecular weight excluding hydrogens is 322 g/mol. The smallest absolute Gasteiger partial charge is 0.319 e. The maximum atomic E-state index is 12.3. The van der Waals surface area contributed by atoms with Crippen molar-refractivity contribution in [3.05, 3.63) is 29.8 Å². The van der Waals surface area contributed by atoms with Gasteiger partial charge in [0.05, 0.1) is 5.75 Å². The lowest BCUT2D eigenvalue weighted by Gasteiger charge is -2.24. The van der Waals surface area contributed by atoms with E-state index in [0.717, 1.165) is 36.9 Å². The second-order valence-electron chi connectivity index (χ2n) is 6.32. The molecule has 1 N–H and O–H groups in total. The van der Waals surface area contributed by atoms with Crippen LogP contribution in [0.1, 0.15) is 51.0 Å². The van der Waals surface area contributed by atoms with Gasteiger partial charge in [-0.25, -0.2) is 0 Å². The molecule has 0 radical (unpaired) electrons. The molecule has 1 saturated carbocycles. The van der Waals surface area contributed by atoms with E-state index in [1.54, 1.807) is 0 Å². The Morgan fingerprint density at radius 2 is 2.04 bits per heavy atom. The summed E-state index contributed by atoms with van der Waals surface area (Å²) in [5.41, 5.74) is 1.89. The van der Waals surface area contributed by atoms with Crippen LogP contribution in [-0.4, -0.2) is 29.0 Å². The molecule has 1 aromatic rings. The van der Waals surface area contributed by atoms with Crippen molar-refractivity contribution >= 4 is 29.3 Å². The fraction of sp³-hybridized carbons (Fsp3) is 0.579. The molecule has 0 bridgehead atoms. The van der Waals surface area contributed by atoms with Gasteiger partial charge in [-0.2, -0.15) is 0 Å². The number of amides is 1. The van der Waals surface area contributed by atoms with Crippen molar-refractivity contribution in [3.8, 4) is 0 Å². The third kappa shape index (κ3) is 6.19. The van der Waals surface area contributed by atoms with Gasteiger partial charge in [0.2, 0.25) is 5.91 Å². The zero-order chi connectivity index (χ0) is 17.4. The van der Waals surface area contributed by atoms with Crippen molar-refractivity contribution < 1.29 is 14.3 Å². The first-order valence-electron chi connectivity index (χ1n) is 8.77. The Kier molecular flexibility index (Phi) is 7.63. The first-order valence-corrected chi connectivity index (χ1v) is 9.82. The van der Waals surface area contributed by atoms with Crippen molar-refractivity contribution in [2.24, 2.45) is 0 Å². The van der Waals surface area contributed by atoms with Crippen LogP contribution in [-0.2, 0) is 14.3 Å². The number of nitrogens with one attached hydrogen (secondary N) is 1. The van der Waals surface area contributed by atoms with Crippen molar-refractivity contribution in [3.63, 3.8) is 0 Å². The van der Waals surface area contributed by atoms with E-state index in [-0.39, 0.29) is 29.0 Å². The third-order valence-corrected chi connectivity index (χ3v) is 5.54. The topological polar surface area (TPSA) is 55.4 Å². The van der Waals surface area contributed by atoms with Crippen LogP contribution in [0.15, 0.2) is 24.3 Å². The van der Waals surface area contributed by atoms with Crippen LogP contribution in [0.3, 0.4) is 0 Å². The van der Waals surface area contributed by atoms with E-state index < -0.39 is 0 Å². The van der Waals surface area contributed by atoms with Gasteiger partial charge < -0.3 is 10.1 Å². The second-order valence-corrected chi connectivity index (χ2v) is 7.51. The number of carbonyl (C=O) groups excluding carboxylic acids is 2. The molecule has 1 aliphatic rings. The lowest BCUT2D eigenvalue weighted by Crippen LogP contribution is -2.28. The number of benzene rings is 1. The van der Waals surface area contributed by atoms with Crippen molar-refractivity contribution in [1.82, 2.24) is 0 Å². The van der Waals surface area contributed by atoms with Crippen LogP contribution in [0, 0.1) is 6.92 Å². The van der Waals surface area contributed by atoms with Crippen molar-refractivity contribution in [1.29, 1.82) is 0 Å². The molecule has 1 aliphatic carbocycles. The Balaban J connectivity index is 1.77. The van der Waals surface area contributed by atoms with Gasteiger partial charge >= 0.3 is 5.97 Å². The van der Waals surface area contributed by atoms with Crippen LogP contribution in [0.4, 0.5) is 5.69 Å². The minimum atomic E-state index is -0.268. The van der Waals surface area contributed by atoms with Gasteiger partial charge in [-0.3, -0.25) is 9.59 Å². The molecule has 2 rings (SSSR count). The highest BCUT2D eigenvalue weighted by Crippen LogP contribution is 2.23. The van der Waals surface area contributed by atoms with Gasteiger partial charge in [-0.05, 0) is 56.7 Å². The molecule has 24 heavy (non-hydrogen) atoms. The number of aryl methyl sites for hydroxylation is 1. The number of hydrogen-bond donors (Lipinski definition) is 1. The summed E-state index contributed by atoms with van der Waals surface area (Å²) in [5.74, 6) is -0.000990. The zero-order valence-corrected chi connectivity index (χ0v) is 15.4.